The molecule has 3 heteroatoms. The fraction of sp³-hybridized carbons (Fsp3) is 0.400. The predicted octanol–water partition coefficient (Wildman–Crippen LogP) is 2.55. The molecular weight excluding hydrogens is 226 g/mol. The lowest BCUT2D eigenvalue weighted by Gasteiger charge is -2.19. The third-order valence-electron chi connectivity index (χ3n) is 3.11. The van der Waals surface area contributed by atoms with Gasteiger partial charge in [-0.1, -0.05) is 6.08 Å². The molecule has 1 aliphatic heterocycles. The first kappa shape index (κ1) is 12.5. The summed E-state index contributed by atoms with van der Waals surface area (Å²) in [5.41, 5.74) is 0. The Kier molecular flexibility index (Phi) is 4.25. The van der Waals surface area contributed by atoms with Gasteiger partial charge in [0.1, 0.15) is 5.76 Å². The van der Waals surface area contributed by atoms with Crippen molar-refractivity contribution >= 4 is 12.0 Å². The highest BCUT2D eigenvalue weighted by Crippen LogP contribution is 2.16. The molecule has 18 heavy (non-hydrogen) atoms. The van der Waals surface area contributed by atoms with Crippen molar-refractivity contribution in [1.82, 2.24) is 4.90 Å². The van der Waals surface area contributed by atoms with Gasteiger partial charge in [-0.3, -0.25) is 4.79 Å². The fourth-order valence-corrected chi connectivity index (χ4v) is 2.13. The van der Waals surface area contributed by atoms with Crippen molar-refractivity contribution in [1.29, 1.82) is 0 Å². The quantitative estimate of drug-likeness (QED) is 0.761. The smallest absolute Gasteiger partial charge is 0.230 e. The summed E-state index contributed by atoms with van der Waals surface area (Å²) in [6.45, 7) is 1.71. The second-order valence-electron chi connectivity index (χ2n) is 4.42. The summed E-state index contributed by atoms with van der Waals surface area (Å²) in [5, 5.41) is 0. The largest absolute Gasteiger partial charge is 0.465 e. The van der Waals surface area contributed by atoms with Crippen LogP contribution in [0.1, 0.15) is 25.0 Å². The van der Waals surface area contributed by atoms with Crippen molar-refractivity contribution in [3.05, 3.63) is 30.2 Å². The molecule has 1 saturated heterocycles. The summed E-state index contributed by atoms with van der Waals surface area (Å²) in [6, 6.07) is 3.67. The highest BCUT2D eigenvalue weighted by atomic mass is 16.3. The number of rotatable bonds is 4. The fourth-order valence-electron chi connectivity index (χ4n) is 2.13. The van der Waals surface area contributed by atoms with E-state index in [0.717, 1.165) is 31.7 Å². The Morgan fingerprint density at radius 3 is 2.94 bits per heavy atom. The molecule has 1 aromatic heterocycles. The van der Waals surface area contributed by atoms with Crippen molar-refractivity contribution in [2.75, 3.05) is 13.1 Å². The van der Waals surface area contributed by atoms with Gasteiger partial charge in [0, 0.05) is 19.5 Å². The molecule has 1 unspecified atom stereocenters. The van der Waals surface area contributed by atoms with Crippen LogP contribution in [0.2, 0.25) is 0 Å². The molecule has 0 radical (unpaired) electrons. The maximum absolute atomic E-state index is 12.2. The van der Waals surface area contributed by atoms with E-state index in [1.807, 2.05) is 29.2 Å². The van der Waals surface area contributed by atoms with Crippen LogP contribution in [0.25, 0.3) is 6.08 Å². The minimum Gasteiger partial charge on any atom is -0.465 e. The predicted molar refractivity (Wildman–Crippen MR) is 70.5 cm³/mol. The van der Waals surface area contributed by atoms with Crippen LogP contribution in [0.15, 0.2) is 28.9 Å². The first-order valence-corrected chi connectivity index (χ1v) is 6.25. The number of amides is 1. The third-order valence-corrected chi connectivity index (χ3v) is 3.11. The molecule has 1 amide bonds. The van der Waals surface area contributed by atoms with Crippen molar-refractivity contribution in [2.24, 2.45) is 5.92 Å². The van der Waals surface area contributed by atoms with Gasteiger partial charge in [-0.25, -0.2) is 0 Å². The molecule has 1 aromatic rings. The average Bonchev–Trinajstić information content (AvgIpc) is 3.05. The van der Waals surface area contributed by atoms with Crippen LogP contribution in [0.5, 0.6) is 0 Å². The lowest BCUT2D eigenvalue weighted by atomic mass is 10.0. The number of hydrogen-bond donors (Lipinski definition) is 0. The molecule has 3 nitrogen and oxygen atoms in total. The normalized spacial score (nSPS) is 16.9. The summed E-state index contributed by atoms with van der Waals surface area (Å²) in [4.78, 5) is 14.1. The van der Waals surface area contributed by atoms with Crippen LogP contribution in [-0.2, 0) is 4.79 Å². The number of carbonyl (C=O) groups excluding carboxylic acids is 1. The van der Waals surface area contributed by atoms with Crippen LogP contribution in [0, 0.1) is 18.3 Å². The summed E-state index contributed by atoms with van der Waals surface area (Å²) < 4.78 is 5.20. The standard InChI is InChI=1S/C15H17NO2/c1-2-6-13(8-9-14-7-5-12-18-14)15(17)16-10-3-4-11-16/h1,5,7-9,12-13H,3-4,6,10-11H2/b9-8+. The Hall–Kier alpha value is -1.95. The molecule has 2 rings (SSSR count). The van der Waals surface area contributed by atoms with Gasteiger partial charge in [0.25, 0.3) is 0 Å². The third kappa shape index (κ3) is 3.04. The van der Waals surface area contributed by atoms with Gasteiger partial charge >= 0.3 is 0 Å². The number of hydrogen-bond acceptors (Lipinski definition) is 2. The van der Waals surface area contributed by atoms with E-state index in [9.17, 15) is 4.79 Å². The molecule has 0 aromatic carbocycles. The Bertz CT molecular complexity index is 447. The zero-order chi connectivity index (χ0) is 12.8. The Morgan fingerprint density at radius 1 is 1.56 bits per heavy atom. The zero-order valence-electron chi connectivity index (χ0n) is 10.3. The number of carbonyl (C=O) groups is 1. The number of nitrogens with zero attached hydrogens (tertiary/aromatic N) is 1. The highest BCUT2D eigenvalue weighted by Gasteiger charge is 2.23. The van der Waals surface area contributed by atoms with Crippen molar-refractivity contribution in [2.45, 2.75) is 19.3 Å². The number of terminal acetylenes is 1. The van der Waals surface area contributed by atoms with Crippen molar-refractivity contribution in [3.8, 4) is 12.3 Å². The lowest BCUT2D eigenvalue weighted by Crippen LogP contribution is -2.32. The zero-order valence-corrected chi connectivity index (χ0v) is 10.3. The van der Waals surface area contributed by atoms with E-state index in [1.165, 1.54) is 0 Å². The molecule has 0 aliphatic carbocycles. The molecular formula is C15H17NO2. The van der Waals surface area contributed by atoms with E-state index in [4.69, 9.17) is 10.8 Å². The van der Waals surface area contributed by atoms with E-state index >= 15 is 0 Å². The van der Waals surface area contributed by atoms with Crippen LogP contribution < -0.4 is 0 Å². The first-order chi connectivity index (χ1) is 8.81. The minimum absolute atomic E-state index is 0.133. The SMILES string of the molecule is C#CCC(/C=C/c1ccco1)C(=O)N1CCCC1. The Morgan fingerprint density at radius 2 is 2.33 bits per heavy atom. The first-order valence-electron chi connectivity index (χ1n) is 6.25. The van der Waals surface area contributed by atoms with Crippen molar-refractivity contribution < 1.29 is 9.21 Å². The molecule has 1 atom stereocenters. The van der Waals surface area contributed by atoms with Gasteiger partial charge in [0.05, 0.1) is 12.2 Å². The van der Waals surface area contributed by atoms with Gasteiger partial charge < -0.3 is 9.32 Å². The van der Waals surface area contributed by atoms with E-state index in [1.54, 1.807) is 6.26 Å². The molecule has 1 fully saturated rings. The maximum Gasteiger partial charge on any atom is 0.230 e. The van der Waals surface area contributed by atoms with E-state index in [-0.39, 0.29) is 11.8 Å². The van der Waals surface area contributed by atoms with Crippen molar-refractivity contribution in [3.63, 3.8) is 0 Å². The highest BCUT2D eigenvalue weighted by molar-refractivity contribution is 5.82. The molecule has 94 valence electrons. The average molecular weight is 243 g/mol. The van der Waals surface area contributed by atoms with E-state index in [2.05, 4.69) is 5.92 Å². The minimum atomic E-state index is -0.238. The number of furan rings is 1. The lowest BCUT2D eigenvalue weighted by molar-refractivity contribution is -0.132. The van der Waals surface area contributed by atoms with Crippen LogP contribution in [-0.4, -0.2) is 23.9 Å². The van der Waals surface area contributed by atoms with Crippen LogP contribution in [0.4, 0.5) is 0 Å². The molecule has 1 aliphatic rings. The molecule has 0 spiro atoms. The van der Waals surface area contributed by atoms with Crippen LogP contribution >= 0.6 is 0 Å². The van der Waals surface area contributed by atoms with Gasteiger partial charge in [0.15, 0.2) is 0 Å². The van der Waals surface area contributed by atoms with Gasteiger partial charge in [-0.05, 0) is 31.1 Å². The topological polar surface area (TPSA) is 33.5 Å². The maximum atomic E-state index is 12.2. The Labute approximate surface area is 107 Å². The molecule has 0 saturated carbocycles. The van der Waals surface area contributed by atoms with E-state index < -0.39 is 0 Å². The second-order valence-corrected chi connectivity index (χ2v) is 4.42. The monoisotopic (exact) mass is 243 g/mol. The molecule has 2 heterocycles. The van der Waals surface area contributed by atoms with E-state index in [0.29, 0.717) is 6.42 Å². The number of likely N-dealkylation sites (tertiary alicyclic amines) is 1. The van der Waals surface area contributed by atoms with Gasteiger partial charge in [0.2, 0.25) is 5.91 Å². The molecule has 0 bridgehead atoms. The summed E-state index contributed by atoms with van der Waals surface area (Å²) in [5.74, 6) is 3.21. The summed E-state index contributed by atoms with van der Waals surface area (Å²) in [6.07, 6.45) is 13.2. The summed E-state index contributed by atoms with van der Waals surface area (Å²) >= 11 is 0. The van der Waals surface area contributed by atoms with Gasteiger partial charge in [-0.15, -0.1) is 12.3 Å². The second kappa shape index (κ2) is 6.11. The summed E-state index contributed by atoms with van der Waals surface area (Å²) in [7, 11) is 0. The Balaban J connectivity index is 2.03. The molecule has 0 N–H and O–H groups in total. The van der Waals surface area contributed by atoms with Gasteiger partial charge in [-0.2, -0.15) is 0 Å². The van der Waals surface area contributed by atoms with Crippen LogP contribution in [0.3, 0.4) is 0 Å².